The minimum atomic E-state index is -4.56. The highest BCUT2D eigenvalue weighted by molar-refractivity contribution is 5.76. The van der Waals surface area contributed by atoms with E-state index in [4.69, 9.17) is 9.84 Å². The highest BCUT2D eigenvalue weighted by Crippen LogP contribution is 2.39. The molecule has 9 heteroatoms. The standard InChI is InChI=1S/C23H31F3O6/c24-23(25,26)16-7-5-8-17(14-16)32-22(31)20(28)13-11-18-15(10-12-19(18)27)6-3-1-2-4-9-21(29)30/h5,7-8,14-15,18-20,27-28H,1-4,6,9-13H2,(H,29,30). The fraction of sp³-hybridized carbons (Fsp3) is 0.652. The van der Waals surface area contributed by atoms with E-state index in [1.807, 2.05) is 0 Å². The first-order valence-electron chi connectivity index (χ1n) is 11.0. The maximum Gasteiger partial charge on any atom is 0.416 e. The van der Waals surface area contributed by atoms with Gasteiger partial charge in [-0.3, -0.25) is 4.79 Å². The summed E-state index contributed by atoms with van der Waals surface area (Å²) in [6.07, 6.45) is -0.231. The third-order valence-electron chi connectivity index (χ3n) is 6.07. The van der Waals surface area contributed by atoms with E-state index in [1.165, 1.54) is 6.07 Å². The number of halogens is 3. The number of rotatable bonds is 12. The number of ether oxygens (including phenoxy) is 1. The Balaban J connectivity index is 1.78. The molecule has 0 amide bonds. The van der Waals surface area contributed by atoms with Gasteiger partial charge in [-0.2, -0.15) is 13.2 Å². The van der Waals surface area contributed by atoms with Gasteiger partial charge in [0, 0.05) is 6.42 Å². The molecule has 0 aromatic heterocycles. The Morgan fingerprint density at radius 1 is 1.09 bits per heavy atom. The zero-order valence-corrected chi connectivity index (χ0v) is 17.9. The summed E-state index contributed by atoms with van der Waals surface area (Å²) >= 11 is 0. The fourth-order valence-electron chi connectivity index (χ4n) is 4.34. The van der Waals surface area contributed by atoms with Gasteiger partial charge in [-0.05, 0) is 62.1 Å². The van der Waals surface area contributed by atoms with Crippen molar-refractivity contribution in [2.24, 2.45) is 11.8 Å². The van der Waals surface area contributed by atoms with E-state index < -0.39 is 35.9 Å². The van der Waals surface area contributed by atoms with Crippen molar-refractivity contribution in [3.63, 3.8) is 0 Å². The summed E-state index contributed by atoms with van der Waals surface area (Å²) in [7, 11) is 0. The summed E-state index contributed by atoms with van der Waals surface area (Å²) in [6.45, 7) is 0. The van der Waals surface area contributed by atoms with E-state index in [9.17, 15) is 33.0 Å². The van der Waals surface area contributed by atoms with E-state index in [1.54, 1.807) is 0 Å². The number of esters is 1. The lowest BCUT2D eigenvalue weighted by Gasteiger charge is -2.23. The molecule has 1 fully saturated rings. The van der Waals surface area contributed by atoms with E-state index in [-0.39, 0.29) is 30.4 Å². The largest absolute Gasteiger partial charge is 0.481 e. The van der Waals surface area contributed by atoms with Crippen LogP contribution in [-0.2, 0) is 15.8 Å². The minimum Gasteiger partial charge on any atom is -0.481 e. The highest BCUT2D eigenvalue weighted by Gasteiger charge is 2.35. The van der Waals surface area contributed by atoms with Crippen LogP contribution in [0.3, 0.4) is 0 Å². The summed E-state index contributed by atoms with van der Waals surface area (Å²) < 4.78 is 43.2. The normalized spacial score (nSPS) is 22.0. The molecule has 6 nitrogen and oxygen atoms in total. The van der Waals surface area contributed by atoms with Crippen LogP contribution >= 0.6 is 0 Å². The topological polar surface area (TPSA) is 104 Å². The molecule has 4 atom stereocenters. The molecule has 0 bridgehead atoms. The quantitative estimate of drug-likeness (QED) is 0.240. The molecule has 4 unspecified atom stereocenters. The van der Waals surface area contributed by atoms with Gasteiger partial charge in [0.2, 0.25) is 0 Å². The van der Waals surface area contributed by atoms with Crippen molar-refractivity contribution in [1.29, 1.82) is 0 Å². The van der Waals surface area contributed by atoms with Gasteiger partial charge in [0.15, 0.2) is 6.10 Å². The van der Waals surface area contributed by atoms with Crippen molar-refractivity contribution >= 4 is 11.9 Å². The number of benzene rings is 1. The molecule has 32 heavy (non-hydrogen) atoms. The molecule has 1 saturated carbocycles. The monoisotopic (exact) mass is 460 g/mol. The first-order chi connectivity index (χ1) is 15.1. The number of hydrogen-bond donors (Lipinski definition) is 3. The maximum absolute atomic E-state index is 12.8. The molecule has 3 N–H and O–H groups in total. The third-order valence-corrected chi connectivity index (χ3v) is 6.07. The van der Waals surface area contributed by atoms with Gasteiger partial charge in [0.05, 0.1) is 11.7 Å². The predicted octanol–water partition coefficient (Wildman–Crippen LogP) is 4.56. The van der Waals surface area contributed by atoms with Gasteiger partial charge in [0.1, 0.15) is 5.75 Å². The Kier molecular flexibility index (Phi) is 9.96. The number of carbonyl (C=O) groups excluding carboxylic acids is 1. The lowest BCUT2D eigenvalue weighted by molar-refractivity contribution is -0.145. The second-order valence-corrected chi connectivity index (χ2v) is 8.46. The van der Waals surface area contributed by atoms with E-state index >= 15 is 0 Å². The number of carboxylic acid groups (broad SMARTS) is 1. The Morgan fingerprint density at radius 2 is 1.81 bits per heavy atom. The van der Waals surface area contributed by atoms with Crippen LogP contribution in [0.25, 0.3) is 0 Å². The van der Waals surface area contributed by atoms with Crippen molar-refractivity contribution in [3.8, 4) is 5.75 Å². The zero-order chi connectivity index (χ0) is 23.7. The van der Waals surface area contributed by atoms with Crippen LogP contribution in [0.1, 0.15) is 69.8 Å². The van der Waals surface area contributed by atoms with Gasteiger partial charge in [-0.1, -0.05) is 31.7 Å². The molecule has 0 heterocycles. The predicted molar refractivity (Wildman–Crippen MR) is 110 cm³/mol. The van der Waals surface area contributed by atoms with Crippen molar-refractivity contribution in [2.45, 2.75) is 82.6 Å². The lowest BCUT2D eigenvalue weighted by atomic mass is 9.85. The first-order valence-corrected chi connectivity index (χ1v) is 11.0. The van der Waals surface area contributed by atoms with Crippen LogP contribution in [0.2, 0.25) is 0 Å². The van der Waals surface area contributed by atoms with Crippen LogP contribution in [0, 0.1) is 11.8 Å². The van der Waals surface area contributed by atoms with Gasteiger partial charge in [-0.25, -0.2) is 4.79 Å². The molecule has 180 valence electrons. The second kappa shape index (κ2) is 12.2. The Bertz CT molecular complexity index is 751. The number of aliphatic carboxylic acids is 1. The SMILES string of the molecule is O=C(O)CCCCCCC1CCC(O)C1CCC(O)C(=O)Oc1cccc(C(F)(F)F)c1. The highest BCUT2D eigenvalue weighted by atomic mass is 19.4. The summed E-state index contributed by atoms with van der Waals surface area (Å²) in [5, 5.41) is 29.1. The summed E-state index contributed by atoms with van der Waals surface area (Å²) in [4.78, 5) is 22.6. The Hall–Kier alpha value is -2.13. The van der Waals surface area contributed by atoms with E-state index in [0.717, 1.165) is 44.2 Å². The molecular weight excluding hydrogens is 429 g/mol. The molecule has 0 radical (unpaired) electrons. The summed E-state index contributed by atoms with van der Waals surface area (Å²) in [5.41, 5.74) is -0.947. The molecule has 0 aliphatic heterocycles. The molecule has 1 aromatic carbocycles. The van der Waals surface area contributed by atoms with Crippen molar-refractivity contribution in [1.82, 2.24) is 0 Å². The minimum absolute atomic E-state index is 0.0502. The van der Waals surface area contributed by atoms with Crippen LogP contribution in [0.5, 0.6) is 5.75 Å². The van der Waals surface area contributed by atoms with Gasteiger partial charge in [0.25, 0.3) is 0 Å². The zero-order valence-electron chi connectivity index (χ0n) is 17.9. The van der Waals surface area contributed by atoms with Crippen molar-refractivity contribution in [2.75, 3.05) is 0 Å². The molecule has 1 aliphatic carbocycles. The molecule has 1 aromatic rings. The molecule has 0 spiro atoms. The van der Waals surface area contributed by atoms with E-state index in [0.29, 0.717) is 25.3 Å². The fourth-order valence-corrected chi connectivity index (χ4v) is 4.34. The van der Waals surface area contributed by atoms with Gasteiger partial charge < -0.3 is 20.1 Å². The van der Waals surface area contributed by atoms with Crippen LogP contribution < -0.4 is 4.74 Å². The number of aliphatic hydroxyl groups excluding tert-OH is 2. The lowest BCUT2D eigenvalue weighted by Crippen LogP contribution is -2.28. The third kappa shape index (κ3) is 8.43. The van der Waals surface area contributed by atoms with E-state index in [2.05, 4.69) is 0 Å². The van der Waals surface area contributed by atoms with Crippen LogP contribution in [0.4, 0.5) is 13.2 Å². The number of carbonyl (C=O) groups is 2. The van der Waals surface area contributed by atoms with Crippen molar-refractivity contribution < 1.29 is 42.8 Å². The van der Waals surface area contributed by atoms with Crippen molar-refractivity contribution in [3.05, 3.63) is 29.8 Å². The second-order valence-electron chi connectivity index (χ2n) is 8.46. The van der Waals surface area contributed by atoms with Crippen LogP contribution in [-0.4, -0.2) is 39.5 Å². The summed E-state index contributed by atoms with van der Waals surface area (Å²) in [5.74, 6) is -1.91. The average Bonchev–Trinajstić information content (AvgIpc) is 3.07. The number of carboxylic acids is 1. The smallest absolute Gasteiger partial charge is 0.416 e. The van der Waals surface area contributed by atoms with Gasteiger partial charge in [-0.15, -0.1) is 0 Å². The molecule has 1 aliphatic rings. The molecular formula is C23H31F3O6. The Labute approximate surface area is 185 Å². The Morgan fingerprint density at radius 3 is 2.50 bits per heavy atom. The van der Waals surface area contributed by atoms with Crippen LogP contribution in [0.15, 0.2) is 24.3 Å². The summed E-state index contributed by atoms with van der Waals surface area (Å²) in [6, 6.07) is 3.91. The maximum atomic E-state index is 12.8. The van der Waals surface area contributed by atoms with Gasteiger partial charge >= 0.3 is 18.1 Å². The number of hydrogen-bond acceptors (Lipinski definition) is 5. The number of alkyl halides is 3. The molecule has 0 saturated heterocycles. The molecule has 2 rings (SSSR count). The number of unbranched alkanes of at least 4 members (excludes halogenated alkanes) is 3. The number of aliphatic hydroxyl groups is 2. The first kappa shape index (κ1) is 26.1. The average molecular weight is 460 g/mol.